The second kappa shape index (κ2) is 4.45. The van der Waals surface area contributed by atoms with E-state index in [1.54, 1.807) is 23.2 Å². The zero-order valence-electron chi connectivity index (χ0n) is 7.47. The first-order chi connectivity index (χ1) is 6.24. The number of carboxylic acids is 1. The van der Waals surface area contributed by atoms with Crippen LogP contribution < -0.4 is 4.90 Å². The molecule has 0 amide bonds. The van der Waals surface area contributed by atoms with Gasteiger partial charge in [0.05, 0.1) is 0 Å². The summed E-state index contributed by atoms with van der Waals surface area (Å²) in [7, 11) is 0. The van der Waals surface area contributed by atoms with Gasteiger partial charge in [0.25, 0.3) is 0 Å². The van der Waals surface area contributed by atoms with E-state index in [1.165, 1.54) is 0 Å². The largest absolute Gasteiger partial charge is 0.480 e. The number of anilines is 1. The Bertz CT molecular complexity index is 274. The second-order valence-corrected chi connectivity index (χ2v) is 2.60. The summed E-state index contributed by atoms with van der Waals surface area (Å²) in [6.45, 7) is 2.54. The van der Waals surface area contributed by atoms with E-state index in [4.69, 9.17) is 5.11 Å². The molecule has 1 rings (SSSR count). The SMILES string of the molecule is CCN(CC(=O)O)c1ccccn1. The number of nitrogens with zero attached hydrogens (tertiary/aromatic N) is 2. The Morgan fingerprint density at radius 2 is 2.38 bits per heavy atom. The lowest BCUT2D eigenvalue weighted by atomic mass is 10.4. The minimum absolute atomic E-state index is 0.00644. The van der Waals surface area contributed by atoms with Gasteiger partial charge in [-0.15, -0.1) is 0 Å². The summed E-state index contributed by atoms with van der Waals surface area (Å²) >= 11 is 0. The third-order valence-corrected chi connectivity index (χ3v) is 1.68. The Hall–Kier alpha value is -1.58. The van der Waals surface area contributed by atoms with Crippen LogP contribution in [0.25, 0.3) is 0 Å². The third-order valence-electron chi connectivity index (χ3n) is 1.68. The molecule has 1 aromatic rings. The van der Waals surface area contributed by atoms with Crippen LogP contribution >= 0.6 is 0 Å². The maximum absolute atomic E-state index is 10.5. The first-order valence-electron chi connectivity index (χ1n) is 4.11. The number of pyridine rings is 1. The van der Waals surface area contributed by atoms with Gasteiger partial charge in [0.1, 0.15) is 12.4 Å². The van der Waals surface area contributed by atoms with E-state index in [1.807, 2.05) is 13.0 Å². The van der Waals surface area contributed by atoms with E-state index < -0.39 is 5.97 Å². The molecule has 70 valence electrons. The topological polar surface area (TPSA) is 53.4 Å². The Labute approximate surface area is 76.8 Å². The van der Waals surface area contributed by atoms with Crippen LogP contribution in [0.2, 0.25) is 0 Å². The number of hydrogen-bond acceptors (Lipinski definition) is 3. The average Bonchev–Trinajstić information content (AvgIpc) is 2.15. The molecular formula is C9H12N2O2. The number of carboxylic acid groups (broad SMARTS) is 1. The first-order valence-corrected chi connectivity index (χ1v) is 4.11. The highest BCUT2D eigenvalue weighted by Gasteiger charge is 2.08. The highest BCUT2D eigenvalue weighted by molar-refractivity contribution is 5.73. The maximum atomic E-state index is 10.5. The van der Waals surface area contributed by atoms with Gasteiger partial charge >= 0.3 is 5.97 Å². The lowest BCUT2D eigenvalue weighted by molar-refractivity contribution is -0.135. The summed E-state index contributed by atoms with van der Waals surface area (Å²) in [6, 6.07) is 5.44. The molecule has 0 bridgehead atoms. The van der Waals surface area contributed by atoms with Gasteiger partial charge in [0.2, 0.25) is 0 Å². The van der Waals surface area contributed by atoms with Crippen LogP contribution in [0, 0.1) is 0 Å². The fraction of sp³-hybridized carbons (Fsp3) is 0.333. The molecule has 1 N–H and O–H groups in total. The van der Waals surface area contributed by atoms with Crippen molar-refractivity contribution in [3.63, 3.8) is 0 Å². The van der Waals surface area contributed by atoms with Crippen molar-refractivity contribution in [1.82, 2.24) is 4.98 Å². The summed E-state index contributed by atoms with van der Waals surface area (Å²) in [5, 5.41) is 8.61. The van der Waals surface area contributed by atoms with Gasteiger partial charge in [-0.05, 0) is 19.1 Å². The van der Waals surface area contributed by atoms with Gasteiger partial charge in [0, 0.05) is 12.7 Å². The molecule has 0 saturated carbocycles. The molecule has 1 heterocycles. The van der Waals surface area contributed by atoms with Crippen molar-refractivity contribution in [3.8, 4) is 0 Å². The molecule has 1 aromatic heterocycles. The molecule has 0 radical (unpaired) electrons. The quantitative estimate of drug-likeness (QED) is 0.750. The number of rotatable bonds is 4. The van der Waals surface area contributed by atoms with E-state index in [0.29, 0.717) is 12.4 Å². The van der Waals surface area contributed by atoms with Crippen molar-refractivity contribution in [2.24, 2.45) is 0 Å². The minimum Gasteiger partial charge on any atom is -0.480 e. The molecule has 4 heteroatoms. The summed E-state index contributed by atoms with van der Waals surface area (Å²) in [6.07, 6.45) is 1.65. The van der Waals surface area contributed by atoms with Crippen LogP contribution in [0.1, 0.15) is 6.92 Å². The summed E-state index contributed by atoms with van der Waals surface area (Å²) in [5.74, 6) is -0.139. The van der Waals surface area contributed by atoms with Crippen molar-refractivity contribution in [2.45, 2.75) is 6.92 Å². The van der Waals surface area contributed by atoms with Crippen LogP contribution in [0.4, 0.5) is 5.82 Å². The fourth-order valence-electron chi connectivity index (χ4n) is 1.06. The van der Waals surface area contributed by atoms with Crippen molar-refractivity contribution >= 4 is 11.8 Å². The smallest absolute Gasteiger partial charge is 0.323 e. The van der Waals surface area contributed by atoms with Crippen LogP contribution in [0.15, 0.2) is 24.4 Å². The number of carbonyl (C=O) groups is 1. The van der Waals surface area contributed by atoms with Gasteiger partial charge in [-0.2, -0.15) is 0 Å². The van der Waals surface area contributed by atoms with E-state index in [2.05, 4.69) is 4.98 Å². The zero-order chi connectivity index (χ0) is 9.68. The van der Waals surface area contributed by atoms with Gasteiger partial charge in [-0.25, -0.2) is 4.98 Å². The molecule has 0 saturated heterocycles. The highest BCUT2D eigenvalue weighted by Crippen LogP contribution is 2.07. The normalized spacial score (nSPS) is 9.62. The molecule has 4 nitrogen and oxygen atoms in total. The predicted molar refractivity (Wildman–Crippen MR) is 49.8 cm³/mol. The van der Waals surface area contributed by atoms with Crippen molar-refractivity contribution in [2.75, 3.05) is 18.0 Å². The van der Waals surface area contributed by atoms with Crippen molar-refractivity contribution < 1.29 is 9.90 Å². The number of aliphatic carboxylic acids is 1. The molecule has 0 aromatic carbocycles. The highest BCUT2D eigenvalue weighted by atomic mass is 16.4. The maximum Gasteiger partial charge on any atom is 0.323 e. The molecule has 0 aliphatic rings. The second-order valence-electron chi connectivity index (χ2n) is 2.60. The lowest BCUT2D eigenvalue weighted by Crippen LogP contribution is -2.29. The Balaban J connectivity index is 2.73. The summed E-state index contributed by atoms with van der Waals surface area (Å²) in [4.78, 5) is 16.2. The van der Waals surface area contributed by atoms with Gasteiger partial charge < -0.3 is 10.0 Å². The monoisotopic (exact) mass is 180 g/mol. The Morgan fingerprint density at radius 3 is 2.85 bits per heavy atom. The summed E-state index contributed by atoms with van der Waals surface area (Å²) < 4.78 is 0. The molecule has 0 aliphatic heterocycles. The lowest BCUT2D eigenvalue weighted by Gasteiger charge is -2.18. The average molecular weight is 180 g/mol. The van der Waals surface area contributed by atoms with Crippen LogP contribution in [0.3, 0.4) is 0 Å². The fourth-order valence-corrected chi connectivity index (χ4v) is 1.06. The Morgan fingerprint density at radius 1 is 1.62 bits per heavy atom. The third kappa shape index (κ3) is 2.74. The molecule has 13 heavy (non-hydrogen) atoms. The van der Waals surface area contributed by atoms with E-state index >= 15 is 0 Å². The standard InChI is InChI=1S/C9H12N2O2/c1-2-11(7-9(12)13)8-5-3-4-6-10-8/h3-6H,2,7H2,1H3,(H,12,13). The van der Waals surface area contributed by atoms with E-state index in [0.717, 1.165) is 0 Å². The van der Waals surface area contributed by atoms with Gasteiger partial charge in [-0.1, -0.05) is 6.07 Å². The predicted octanol–water partition coefficient (Wildman–Crippen LogP) is 0.992. The van der Waals surface area contributed by atoms with Gasteiger partial charge in [0.15, 0.2) is 0 Å². The molecular weight excluding hydrogens is 168 g/mol. The van der Waals surface area contributed by atoms with Crippen molar-refractivity contribution in [3.05, 3.63) is 24.4 Å². The number of aromatic nitrogens is 1. The van der Waals surface area contributed by atoms with Crippen molar-refractivity contribution in [1.29, 1.82) is 0 Å². The summed E-state index contributed by atoms with van der Waals surface area (Å²) in [5.41, 5.74) is 0. The minimum atomic E-state index is -0.840. The molecule has 0 unspecified atom stereocenters. The van der Waals surface area contributed by atoms with Gasteiger partial charge in [-0.3, -0.25) is 4.79 Å². The number of hydrogen-bond donors (Lipinski definition) is 1. The molecule has 0 aliphatic carbocycles. The number of likely N-dealkylation sites (N-methyl/N-ethyl adjacent to an activating group) is 1. The zero-order valence-corrected chi connectivity index (χ0v) is 7.47. The Kier molecular flexibility index (Phi) is 3.25. The molecule has 0 fully saturated rings. The van der Waals surface area contributed by atoms with E-state index in [9.17, 15) is 4.79 Å². The molecule has 0 spiro atoms. The van der Waals surface area contributed by atoms with Crippen LogP contribution in [-0.2, 0) is 4.79 Å². The van der Waals surface area contributed by atoms with Crippen LogP contribution in [0.5, 0.6) is 0 Å². The first kappa shape index (κ1) is 9.51. The van der Waals surface area contributed by atoms with Crippen LogP contribution in [-0.4, -0.2) is 29.1 Å². The van der Waals surface area contributed by atoms with E-state index in [-0.39, 0.29) is 6.54 Å². The molecule has 0 atom stereocenters.